The number of rotatable bonds is 6. The monoisotopic (exact) mass is 250 g/mol. The van der Waals surface area contributed by atoms with E-state index in [0.717, 1.165) is 12.8 Å². The Kier molecular flexibility index (Phi) is 4.08. The fourth-order valence-electron chi connectivity index (χ4n) is 1.50. The van der Waals surface area contributed by atoms with Crippen LogP contribution in [0, 0.1) is 11.8 Å². The summed E-state index contributed by atoms with van der Waals surface area (Å²) in [5, 5.41) is 0. The molecule has 1 saturated carbocycles. The van der Waals surface area contributed by atoms with Crippen LogP contribution < -0.4 is 10.5 Å². The minimum atomic E-state index is -3.25. The molecule has 1 rings (SSSR count). The highest BCUT2D eigenvalue weighted by Gasteiger charge is 2.35. The lowest BCUT2D eigenvalue weighted by Crippen LogP contribution is -2.46. The maximum atomic E-state index is 11.7. The van der Waals surface area contributed by atoms with Crippen molar-refractivity contribution in [3.05, 3.63) is 0 Å². The molecule has 0 aromatic carbocycles. The van der Waals surface area contributed by atoms with Crippen LogP contribution in [0.15, 0.2) is 0 Å². The topological polar surface area (TPSA) is 72.2 Å². The lowest BCUT2D eigenvalue weighted by molar-refractivity contribution is 0.553. The minimum Gasteiger partial charge on any atom is -0.392 e. The summed E-state index contributed by atoms with van der Waals surface area (Å²) in [7, 11) is -3.25. The summed E-state index contributed by atoms with van der Waals surface area (Å²) in [5.41, 5.74) is 5.52. The predicted molar refractivity (Wildman–Crippen MR) is 65.1 cm³/mol. The van der Waals surface area contributed by atoms with Gasteiger partial charge < -0.3 is 5.73 Å². The third kappa shape index (κ3) is 4.44. The number of nitrogens with one attached hydrogen (secondary N) is 1. The second-order valence-electron chi connectivity index (χ2n) is 4.51. The molecule has 15 heavy (non-hydrogen) atoms. The Morgan fingerprint density at radius 1 is 1.53 bits per heavy atom. The second kappa shape index (κ2) is 4.76. The molecule has 0 amide bonds. The number of nitrogens with two attached hydrogens (primary N) is 1. The third-order valence-electron chi connectivity index (χ3n) is 2.26. The quantitative estimate of drug-likeness (QED) is 0.678. The number of hydrogen-bond donors (Lipinski definition) is 2. The van der Waals surface area contributed by atoms with Gasteiger partial charge in [-0.1, -0.05) is 26.1 Å². The normalized spacial score (nSPS) is 19.1. The van der Waals surface area contributed by atoms with Crippen LogP contribution in [0.1, 0.15) is 26.7 Å². The van der Waals surface area contributed by atoms with E-state index < -0.39 is 10.0 Å². The molecule has 3 N–H and O–H groups in total. The molecule has 0 aromatic heterocycles. The number of hydrogen-bond acceptors (Lipinski definition) is 3. The van der Waals surface area contributed by atoms with E-state index in [4.69, 9.17) is 18.0 Å². The van der Waals surface area contributed by atoms with E-state index in [2.05, 4.69) is 4.72 Å². The highest BCUT2D eigenvalue weighted by atomic mass is 32.2. The highest BCUT2D eigenvalue weighted by molar-refractivity contribution is 7.89. The second-order valence-corrected chi connectivity index (χ2v) is 6.78. The molecule has 0 aromatic rings. The molecule has 0 spiro atoms. The van der Waals surface area contributed by atoms with Crippen molar-refractivity contribution >= 4 is 27.2 Å². The lowest BCUT2D eigenvalue weighted by Gasteiger charge is -2.17. The van der Waals surface area contributed by atoms with Crippen LogP contribution in [-0.4, -0.2) is 25.2 Å². The Morgan fingerprint density at radius 2 is 2.07 bits per heavy atom. The average molecular weight is 250 g/mol. The van der Waals surface area contributed by atoms with E-state index >= 15 is 0 Å². The standard InChI is InChI=1S/C9H18N2O2S2/c1-6(2)5-15(12,13)11-8(9(10)14)7-3-4-7/h6-8,11H,3-5H2,1-2H3,(H2,10,14). The van der Waals surface area contributed by atoms with Crippen molar-refractivity contribution in [3.8, 4) is 0 Å². The van der Waals surface area contributed by atoms with Gasteiger partial charge in [-0.25, -0.2) is 13.1 Å². The van der Waals surface area contributed by atoms with Gasteiger partial charge in [-0.2, -0.15) is 0 Å². The minimum absolute atomic E-state index is 0.105. The van der Waals surface area contributed by atoms with Gasteiger partial charge in [0.05, 0.1) is 16.8 Å². The van der Waals surface area contributed by atoms with Gasteiger partial charge in [0.15, 0.2) is 0 Å². The van der Waals surface area contributed by atoms with Gasteiger partial charge in [0.1, 0.15) is 0 Å². The van der Waals surface area contributed by atoms with Gasteiger partial charge in [-0.15, -0.1) is 0 Å². The van der Waals surface area contributed by atoms with Crippen LogP contribution in [0.3, 0.4) is 0 Å². The van der Waals surface area contributed by atoms with Gasteiger partial charge in [0.2, 0.25) is 10.0 Å². The molecular weight excluding hydrogens is 232 g/mol. The number of sulfonamides is 1. The summed E-state index contributed by atoms with van der Waals surface area (Å²) >= 11 is 4.87. The fourth-order valence-corrected chi connectivity index (χ4v) is 3.50. The Hall–Kier alpha value is -0.200. The first kappa shape index (κ1) is 12.9. The summed E-state index contributed by atoms with van der Waals surface area (Å²) < 4.78 is 25.9. The summed E-state index contributed by atoms with van der Waals surface area (Å²) in [6.45, 7) is 3.73. The highest BCUT2D eigenvalue weighted by Crippen LogP contribution is 2.33. The van der Waals surface area contributed by atoms with Gasteiger partial charge in [0.25, 0.3) is 0 Å². The zero-order chi connectivity index (χ0) is 11.6. The van der Waals surface area contributed by atoms with Crippen molar-refractivity contribution in [2.45, 2.75) is 32.7 Å². The van der Waals surface area contributed by atoms with Crippen LogP contribution >= 0.6 is 12.2 Å². The van der Waals surface area contributed by atoms with Gasteiger partial charge in [0, 0.05) is 0 Å². The molecule has 0 bridgehead atoms. The van der Waals surface area contributed by atoms with Crippen molar-refractivity contribution in [2.24, 2.45) is 17.6 Å². The molecule has 1 aliphatic rings. The maximum absolute atomic E-state index is 11.7. The molecule has 1 atom stereocenters. The van der Waals surface area contributed by atoms with E-state index in [0.29, 0.717) is 5.92 Å². The van der Waals surface area contributed by atoms with Crippen molar-refractivity contribution < 1.29 is 8.42 Å². The van der Waals surface area contributed by atoms with Gasteiger partial charge in [-0.05, 0) is 24.7 Å². The Bertz CT molecular complexity index is 334. The summed E-state index contributed by atoms with van der Waals surface area (Å²) in [6, 6.07) is -0.344. The van der Waals surface area contributed by atoms with Crippen LogP contribution in [0.4, 0.5) is 0 Å². The van der Waals surface area contributed by atoms with Crippen molar-refractivity contribution in [1.82, 2.24) is 4.72 Å². The molecule has 1 unspecified atom stereocenters. The zero-order valence-electron chi connectivity index (χ0n) is 9.06. The van der Waals surface area contributed by atoms with Crippen LogP contribution in [0.2, 0.25) is 0 Å². The van der Waals surface area contributed by atoms with E-state index in [9.17, 15) is 8.42 Å². The SMILES string of the molecule is CC(C)CS(=O)(=O)NC(C(N)=S)C1CC1. The van der Waals surface area contributed by atoms with E-state index in [1.54, 1.807) is 0 Å². The van der Waals surface area contributed by atoms with Crippen LogP contribution in [0.5, 0.6) is 0 Å². The Balaban J connectivity index is 2.61. The third-order valence-corrected chi connectivity index (χ3v) is 4.23. The van der Waals surface area contributed by atoms with E-state index in [1.807, 2.05) is 13.8 Å². The van der Waals surface area contributed by atoms with Crippen molar-refractivity contribution in [3.63, 3.8) is 0 Å². The molecule has 1 aliphatic carbocycles. The molecule has 0 heterocycles. The molecular formula is C9H18N2O2S2. The number of thiocarbonyl (C=S) groups is 1. The van der Waals surface area contributed by atoms with E-state index in [-0.39, 0.29) is 22.7 Å². The average Bonchev–Trinajstić information content (AvgIpc) is 2.79. The smallest absolute Gasteiger partial charge is 0.212 e. The molecule has 0 radical (unpaired) electrons. The summed E-state index contributed by atoms with van der Waals surface area (Å²) in [5.74, 6) is 0.539. The molecule has 6 heteroatoms. The van der Waals surface area contributed by atoms with E-state index in [1.165, 1.54) is 0 Å². The van der Waals surface area contributed by atoms with Crippen LogP contribution in [0.25, 0.3) is 0 Å². The first-order chi connectivity index (χ1) is 6.82. The van der Waals surface area contributed by atoms with Gasteiger partial charge >= 0.3 is 0 Å². The summed E-state index contributed by atoms with van der Waals surface area (Å²) in [4.78, 5) is 0.254. The molecule has 0 aliphatic heterocycles. The molecule has 4 nitrogen and oxygen atoms in total. The fraction of sp³-hybridized carbons (Fsp3) is 0.889. The largest absolute Gasteiger partial charge is 0.392 e. The first-order valence-electron chi connectivity index (χ1n) is 5.11. The van der Waals surface area contributed by atoms with Crippen molar-refractivity contribution in [1.29, 1.82) is 0 Å². The zero-order valence-corrected chi connectivity index (χ0v) is 10.7. The summed E-state index contributed by atoms with van der Waals surface area (Å²) in [6.07, 6.45) is 2.01. The molecule has 88 valence electrons. The van der Waals surface area contributed by atoms with Crippen LogP contribution in [-0.2, 0) is 10.0 Å². The van der Waals surface area contributed by atoms with Gasteiger partial charge in [-0.3, -0.25) is 0 Å². The maximum Gasteiger partial charge on any atom is 0.212 e. The molecule has 1 fully saturated rings. The molecule has 0 saturated heterocycles. The Labute approximate surface area is 96.7 Å². The van der Waals surface area contributed by atoms with Crippen molar-refractivity contribution in [2.75, 3.05) is 5.75 Å². The Morgan fingerprint density at radius 3 is 2.40 bits per heavy atom. The predicted octanol–water partition coefficient (Wildman–Crippen LogP) is 0.626. The first-order valence-corrected chi connectivity index (χ1v) is 7.17. The lowest BCUT2D eigenvalue weighted by atomic mass is 10.2.